The molecule has 0 saturated heterocycles. The molecule has 3 N–H and O–H groups in total. The molecule has 12 heteroatoms. The number of ketones is 2. The van der Waals surface area contributed by atoms with Crippen LogP contribution in [0, 0.1) is 0 Å². The van der Waals surface area contributed by atoms with Gasteiger partial charge in [0.05, 0.1) is 0 Å². The molecule has 4 radical (unpaired) electrons. The maximum absolute atomic E-state index is 11.0. The average Bonchev–Trinajstić information content (AvgIpc) is 2.97. The number of Topliss-reactive ketones (excluding diaryl/α,β-unsaturated/α-hetero) is 2. The van der Waals surface area contributed by atoms with Crippen molar-refractivity contribution in [2.45, 2.75) is 34.0 Å². The number of phenols is 3. The third kappa shape index (κ3) is 13.2. The van der Waals surface area contributed by atoms with E-state index in [0.29, 0.717) is 11.3 Å². The Bertz CT molecular complexity index is 854. The number of carbonyl (C=O) groups excluding carboxylic acids is 2. The van der Waals surface area contributed by atoms with Gasteiger partial charge in [0.25, 0.3) is 0 Å². The van der Waals surface area contributed by atoms with E-state index in [2.05, 4.69) is 44.4 Å². The third-order valence-corrected chi connectivity index (χ3v) is 3.01. The predicted octanol–water partition coefficient (Wildman–Crippen LogP) is 4.77. The Kier molecular flexibility index (Phi) is 17.6. The number of rotatable bonds is 1. The second kappa shape index (κ2) is 16.4. The molecule has 2 aromatic rings. The number of nitrogens with zero attached hydrogens (tertiary/aromatic N) is 1. The Balaban J connectivity index is -0.000000381. The summed E-state index contributed by atoms with van der Waals surface area (Å²) in [7, 11) is 3.20. The van der Waals surface area contributed by atoms with E-state index in [1.54, 1.807) is 12.1 Å². The average molecular weight is 496 g/mol. The van der Waals surface area contributed by atoms with Gasteiger partial charge < -0.3 is 20.1 Å². The number of fused-ring (bicyclic) bond motifs is 1. The maximum atomic E-state index is 11.0. The Hall–Kier alpha value is -2.23. The molecule has 0 saturated carbocycles. The molecule has 1 heterocycles. The van der Waals surface area contributed by atoms with Crippen LogP contribution in [-0.2, 0) is 0 Å². The number of halogens is 1. The molecule has 32 heavy (non-hydrogen) atoms. The molecule has 0 fully saturated rings. The zero-order valence-corrected chi connectivity index (χ0v) is 20.3. The molecule has 1 aliphatic rings. The summed E-state index contributed by atoms with van der Waals surface area (Å²) in [5, 5.41) is 27.4. The molecule has 0 aliphatic carbocycles. The number of benzene rings is 2. The summed E-state index contributed by atoms with van der Waals surface area (Å²) in [4.78, 5) is 21.8. The van der Waals surface area contributed by atoms with Gasteiger partial charge in [0, 0.05) is 8.41 Å². The van der Waals surface area contributed by atoms with Crippen LogP contribution in [0.25, 0.3) is 0 Å². The summed E-state index contributed by atoms with van der Waals surface area (Å²) in [6.45, 7) is 7.61. The Labute approximate surface area is 203 Å². The van der Waals surface area contributed by atoms with Crippen LogP contribution >= 0.6 is 23.9 Å². The molecule has 0 unspecified atom stereocenters. The van der Waals surface area contributed by atoms with E-state index in [1.807, 2.05) is 0 Å². The van der Waals surface area contributed by atoms with E-state index in [9.17, 15) is 14.7 Å². The number of thiol groups is 1. The number of aromatic hydroxyl groups is 3. The van der Waals surface area contributed by atoms with Crippen molar-refractivity contribution in [3.8, 4) is 23.0 Å². The van der Waals surface area contributed by atoms with Crippen molar-refractivity contribution < 1.29 is 29.6 Å². The van der Waals surface area contributed by atoms with Crippen LogP contribution in [0.15, 0.2) is 40.7 Å². The fourth-order valence-corrected chi connectivity index (χ4v) is 2.02. The summed E-state index contributed by atoms with van der Waals surface area (Å²) < 4.78 is 7.68. The molecular weight excluding hydrogens is 467 g/mol. The molecular formula is C20H28B2ClNO6SSi. The van der Waals surface area contributed by atoms with Crippen molar-refractivity contribution in [1.82, 2.24) is 0 Å². The van der Waals surface area contributed by atoms with E-state index in [0.717, 1.165) is 0 Å². The summed E-state index contributed by atoms with van der Waals surface area (Å²) in [5.74, 6) is -0.381. The number of hydrogen-bond acceptors (Lipinski definition) is 8. The summed E-state index contributed by atoms with van der Waals surface area (Å²) in [5.41, 5.74) is 0.292. The summed E-state index contributed by atoms with van der Waals surface area (Å²) >= 11 is 8.86. The first-order valence-corrected chi connectivity index (χ1v) is 13.5. The van der Waals surface area contributed by atoms with Crippen molar-refractivity contribution in [2.75, 3.05) is 6.61 Å². The molecule has 0 aromatic heterocycles. The SMILES string of the molecule is C.CC(=O)c1c(O)cccc1O.C[Si](C)(C)Cl.O=C1COc2cccc(O)c21.[B].[B]=NS. The second-order valence-corrected chi connectivity index (χ2v) is 14.5. The zero-order valence-electron chi connectivity index (χ0n) is 17.7. The number of ether oxygens (including phenoxy) is 1. The zero-order chi connectivity index (χ0) is 23.5. The fourth-order valence-electron chi connectivity index (χ4n) is 2.02. The molecule has 172 valence electrons. The van der Waals surface area contributed by atoms with Gasteiger partial charge in [-0.05, 0) is 31.2 Å². The van der Waals surface area contributed by atoms with Gasteiger partial charge in [-0.1, -0.05) is 39.2 Å². The predicted molar refractivity (Wildman–Crippen MR) is 137 cm³/mol. The Morgan fingerprint density at radius 1 is 1.09 bits per heavy atom. The Morgan fingerprint density at radius 3 is 1.81 bits per heavy atom. The first-order chi connectivity index (χ1) is 13.8. The van der Waals surface area contributed by atoms with Gasteiger partial charge in [0.15, 0.2) is 12.4 Å². The van der Waals surface area contributed by atoms with Crippen LogP contribution in [0.3, 0.4) is 0 Å². The van der Waals surface area contributed by atoms with Crippen molar-refractivity contribution >= 4 is 58.9 Å². The van der Waals surface area contributed by atoms with Crippen LogP contribution < -0.4 is 4.74 Å². The van der Waals surface area contributed by atoms with Gasteiger partial charge >= 0.3 is 24.8 Å². The first-order valence-electron chi connectivity index (χ1n) is 8.56. The van der Waals surface area contributed by atoms with Crippen molar-refractivity contribution in [3.05, 3.63) is 47.5 Å². The monoisotopic (exact) mass is 495 g/mol. The first kappa shape index (κ1) is 34.4. The van der Waals surface area contributed by atoms with Gasteiger partial charge in [0.2, 0.25) is 5.78 Å². The summed E-state index contributed by atoms with van der Waals surface area (Å²) in [6, 6.07) is 8.97. The van der Waals surface area contributed by atoms with Crippen LogP contribution in [0.1, 0.15) is 35.1 Å². The van der Waals surface area contributed by atoms with Crippen LogP contribution in [-0.4, -0.2) is 56.9 Å². The van der Waals surface area contributed by atoms with Gasteiger partial charge in [-0.25, -0.2) is 0 Å². The van der Waals surface area contributed by atoms with E-state index >= 15 is 0 Å². The number of carbonyl (C=O) groups is 2. The van der Waals surface area contributed by atoms with E-state index in [1.165, 1.54) is 31.2 Å². The van der Waals surface area contributed by atoms with Crippen molar-refractivity contribution in [3.63, 3.8) is 0 Å². The van der Waals surface area contributed by atoms with Crippen LogP contribution in [0.5, 0.6) is 23.0 Å². The molecule has 0 atom stereocenters. The third-order valence-electron chi connectivity index (χ3n) is 3.01. The van der Waals surface area contributed by atoms with Crippen molar-refractivity contribution in [2.24, 2.45) is 4.30 Å². The topological polar surface area (TPSA) is 116 Å². The molecule has 3 rings (SSSR count). The van der Waals surface area contributed by atoms with E-state index < -0.39 is 7.38 Å². The number of phenolic OH excluding ortho intramolecular Hbond substituents is 3. The second-order valence-electron chi connectivity index (χ2n) is 6.77. The molecule has 1 aliphatic heterocycles. The molecule has 0 bridgehead atoms. The van der Waals surface area contributed by atoms with Gasteiger partial charge in [-0.3, -0.25) is 9.59 Å². The normalized spacial score (nSPS) is 10.5. The van der Waals surface area contributed by atoms with Crippen LogP contribution in [0.4, 0.5) is 0 Å². The fraction of sp³-hybridized carbons (Fsp3) is 0.300. The van der Waals surface area contributed by atoms with Crippen LogP contribution in [0.2, 0.25) is 19.6 Å². The standard InChI is InChI=1S/C8H6O3.C8H8O3.C3H9ClSi.CH4.BHNS.B/c9-5-2-1-3-7-8(5)6(10)4-11-7;1-5(9)8-6(10)3-2-4-7(8)11;1-5(2,3)4;;1-2-3;/h1-3,9H,4H2;2-4,10-11H,1H3;1-3H3;1H4;3H;. The minimum atomic E-state index is -1.14. The quantitative estimate of drug-likeness (QED) is 0.196. The van der Waals surface area contributed by atoms with Gasteiger partial charge in [-0.2, -0.15) is 11.1 Å². The van der Waals surface area contributed by atoms with Gasteiger partial charge in [0.1, 0.15) is 41.5 Å². The van der Waals surface area contributed by atoms with E-state index in [-0.39, 0.29) is 56.8 Å². The van der Waals surface area contributed by atoms with Gasteiger partial charge in [-0.15, -0.1) is 0 Å². The minimum absolute atomic E-state index is 0. The molecule has 2 aromatic carbocycles. The number of hydrogen-bond donors (Lipinski definition) is 4. The van der Waals surface area contributed by atoms with Crippen molar-refractivity contribution in [1.29, 1.82) is 0 Å². The molecule has 0 amide bonds. The Morgan fingerprint density at radius 2 is 1.47 bits per heavy atom. The molecule has 0 spiro atoms. The molecule has 7 nitrogen and oxygen atoms in total. The van der Waals surface area contributed by atoms with E-state index in [4.69, 9.17) is 26.0 Å². The summed E-state index contributed by atoms with van der Waals surface area (Å²) in [6.07, 6.45) is 0.